The summed E-state index contributed by atoms with van der Waals surface area (Å²) in [5, 5.41) is 20.3. The molecule has 2 heterocycles. The van der Waals surface area contributed by atoms with E-state index >= 15 is 0 Å². The van der Waals surface area contributed by atoms with Crippen molar-refractivity contribution in [2.45, 2.75) is 20.3 Å². The van der Waals surface area contributed by atoms with Crippen molar-refractivity contribution in [1.29, 1.82) is 5.26 Å². The quantitative estimate of drug-likeness (QED) is 0.500. The van der Waals surface area contributed by atoms with Gasteiger partial charge in [0.1, 0.15) is 23.4 Å². The summed E-state index contributed by atoms with van der Waals surface area (Å²) in [4.78, 5) is 9.47. The van der Waals surface area contributed by atoms with Crippen LogP contribution in [0.15, 0.2) is 52.9 Å². The van der Waals surface area contributed by atoms with Crippen LogP contribution < -0.4 is 5.32 Å². The number of aryl methyl sites for hydroxylation is 1. The first kappa shape index (κ1) is 17.0. The maximum Gasteiger partial charge on any atom is 0.147 e. The smallest absolute Gasteiger partial charge is 0.147 e. The van der Waals surface area contributed by atoms with Gasteiger partial charge in [-0.25, -0.2) is 9.38 Å². The number of hydrogen-bond donors (Lipinski definition) is 1. The summed E-state index contributed by atoms with van der Waals surface area (Å²) in [6.45, 7) is 6.91. The number of pyridine rings is 1. The molecule has 7 nitrogen and oxygen atoms in total. The Kier molecular flexibility index (Phi) is 5.52. The molecule has 2 rings (SSSR count). The summed E-state index contributed by atoms with van der Waals surface area (Å²) in [6, 6.07) is 3.66. The van der Waals surface area contributed by atoms with Crippen molar-refractivity contribution in [3.8, 4) is 11.8 Å². The highest BCUT2D eigenvalue weighted by Gasteiger charge is 2.09. The normalized spacial score (nSPS) is 12.3. The van der Waals surface area contributed by atoms with E-state index in [-0.39, 0.29) is 17.8 Å². The SMILES string of the molecule is C=N/C(Nc1cnc(C)c(-n2nccn2)c1)=C(C#N)\C=C(\F)CC. The van der Waals surface area contributed by atoms with Gasteiger partial charge in [0.15, 0.2) is 0 Å². The lowest BCUT2D eigenvalue weighted by Crippen LogP contribution is -2.06. The number of rotatable bonds is 6. The van der Waals surface area contributed by atoms with Crippen molar-refractivity contribution < 1.29 is 4.39 Å². The third-order valence-electron chi connectivity index (χ3n) is 3.13. The van der Waals surface area contributed by atoms with E-state index in [1.54, 1.807) is 31.6 Å². The molecule has 0 saturated carbocycles. The number of aliphatic imine (C=N–C) groups is 1. The average Bonchev–Trinajstić information content (AvgIpc) is 3.13. The first-order valence-electron chi connectivity index (χ1n) is 7.16. The zero-order chi connectivity index (χ0) is 17.5. The molecule has 0 aliphatic rings. The Balaban J connectivity index is 2.40. The number of aromatic nitrogens is 4. The van der Waals surface area contributed by atoms with Gasteiger partial charge in [0, 0.05) is 0 Å². The molecule has 0 saturated heterocycles. The summed E-state index contributed by atoms with van der Waals surface area (Å²) < 4.78 is 13.5. The Morgan fingerprint density at radius 3 is 2.79 bits per heavy atom. The number of nitriles is 1. The molecule has 0 fully saturated rings. The van der Waals surface area contributed by atoms with Crippen LogP contribution in [-0.2, 0) is 0 Å². The van der Waals surface area contributed by atoms with E-state index in [1.165, 1.54) is 4.80 Å². The molecule has 2 aromatic heterocycles. The molecule has 1 N–H and O–H groups in total. The lowest BCUT2D eigenvalue weighted by molar-refractivity contribution is 0.604. The van der Waals surface area contributed by atoms with Crippen LogP contribution in [0, 0.1) is 18.3 Å². The van der Waals surface area contributed by atoms with Gasteiger partial charge in [0.05, 0.1) is 35.5 Å². The number of hydrogen-bond acceptors (Lipinski definition) is 6. The minimum atomic E-state index is -0.419. The second-order valence-electron chi connectivity index (χ2n) is 4.75. The Morgan fingerprint density at radius 2 is 2.21 bits per heavy atom. The maximum absolute atomic E-state index is 13.5. The van der Waals surface area contributed by atoms with Crippen molar-refractivity contribution >= 4 is 12.4 Å². The molecule has 0 unspecified atom stereocenters. The minimum absolute atomic E-state index is 0.0451. The second-order valence-corrected chi connectivity index (χ2v) is 4.75. The molecule has 8 heteroatoms. The van der Waals surface area contributed by atoms with Gasteiger partial charge in [-0.1, -0.05) is 6.92 Å². The number of allylic oxidation sites excluding steroid dienone is 3. The molecule has 122 valence electrons. The van der Waals surface area contributed by atoms with Gasteiger partial charge in [-0.05, 0) is 32.2 Å². The van der Waals surface area contributed by atoms with Gasteiger partial charge in [0.25, 0.3) is 0 Å². The molecule has 0 bridgehead atoms. The summed E-state index contributed by atoms with van der Waals surface area (Å²) in [6.07, 6.45) is 6.01. The highest BCUT2D eigenvalue weighted by Crippen LogP contribution is 2.19. The van der Waals surface area contributed by atoms with Gasteiger partial charge in [-0.2, -0.15) is 15.5 Å². The van der Waals surface area contributed by atoms with Gasteiger partial charge in [-0.15, -0.1) is 4.80 Å². The summed E-state index contributed by atoms with van der Waals surface area (Å²) in [5.74, 6) is -0.274. The molecular formula is C16H16FN7. The molecule has 0 aliphatic carbocycles. The highest BCUT2D eigenvalue weighted by molar-refractivity contribution is 5.57. The lowest BCUT2D eigenvalue weighted by Gasteiger charge is -2.10. The molecule has 24 heavy (non-hydrogen) atoms. The fourth-order valence-corrected chi connectivity index (χ4v) is 1.87. The van der Waals surface area contributed by atoms with E-state index in [1.807, 2.05) is 13.0 Å². The van der Waals surface area contributed by atoms with Crippen LogP contribution in [-0.4, -0.2) is 26.7 Å². The van der Waals surface area contributed by atoms with Gasteiger partial charge in [-0.3, -0.25) is 4.98 Å². The molecule has 0 atom stereocenters. The van der Waals surface area contributed by atoms with E-state index in [2.05, 4.69) is 32.2 Å². The predicted molar refractivity (Wildman–Crippen MR) is 89.2 cm³/mol. The Bertz CT molecular complexity index is 829. The van der Waals surface area contributed by atoms with Crippen LogP contribution in [0.25, 0.3) is 5.69 Å². The standard InChI is InChI=1S/C16H16FN7/c1-4-13(17)7-12(9-18)16(19-3)23-14-8-15(11(2)20-10-14)24-21-5-6-22-24/h5-8,10,23H,3-4H2,1-2H3/b13-7+,16-12-. The topological polar surface area (TPSA) is 91.8 Å². The zero-order valence-electron chi connectivity index (χ0n) is 13.4. The van der Waals surface area contributed by atoms with Crippen LogP contribution in [0.3, 0.4) is 0 Å². The molecule has 0 aliphatic heterocycles. The van der Waals surface area contributed by atoms with Gasteiger partial charge in [0.2, 0.25) is 0 Å². The largest absolute Gasteiger partial charge is 0.338 e. The zero-order valence-corrected chi connectivity index (χ0v) is 13.4. The summed E-state index contributed by atoms with van der Waals surface area (Å²) in [7, 11) is 0. The van der Waals surface area contributed by atoms with Crippen LogP contribution in [0.4, 0.5) is 10.1 Å². The van der Waals surface area contributed by atoms with E-state index < -0.39 is 5.83 Å². The van der Waals surface area contributed by atoms with E-state index in [4.69, 9.17) is 0 Å². The molecule has 0 aromatic carbocycles. The third-order valence-corrected chi connectivity index (χ3v) is 3.13. The van der Waals surface area contributed by atoms with Crippen molar-refractivity contribution in [1.82, 2.24) is 20.0 Å². The first-order chi connectivity index (χ1) is 11.6. The fourth-order valence-electron chi connectivity index (χ4n) is 1.87. The maximum atomic E-state index is 13.5. The number of halogens is 1. The molecule has 2 aromatic rings. The van der Waals surface area contributed by atoms with Crippen molar-refractivity contribution in [2.24, 2.45) is 4.99 Å². The summed E-state index contributed by atoms with van der Waals surface area (Å²) >= 11 is 0. The lowest BCUT2D eigenvalue weighted by atomic mass is 10.2. The number of nitrogens with zero attached hydrogens (tertiary/aromatic N) is 6. The van der Waals surface area contributed by atoms with E-state index in [0.29, 0.717) is 11.4 Å². The van der Waals surface area contributed by atoms with Crippen LogP contribution in [0.1, 0.15) is 19.0 Å². The van der Waals surface area contributed by atoms with Gasteiger partial charge >= 0.3 is 0 Å². The first-order valence-corrected chi connectivity index (χ1v) is 7.16. The number of nitrogens with one attached hydrogen (secondary N) is 1. The predicted octanol–water partition coefficient (Wildman–Crippen LogP) is 3.08. The van der Waals surface area contributed by atoms with Crippen LogP contribution in [0.2, 0.25) is 0 Å². The number of anilines is 1. The molecule has 0 spiro atoms. The second kappa shape index (κ2) is 7.78. The Hall–Kier alpha value is -3.34. The van der Waals surface area contributed by atoms with Crippen LogP contribution in [0.5, 0.6) is 0 Å². The fraction of sp³-hybridized carbons (Fsp3) is 0.188. The van der Waals surface area contributed by atoms with E-state index in [9.17, 15) is 9.65 Å². The van der Waals surface area contributed by atoms with Crippen molar-refractivity contribution in [2.75, 3.05) is 5.32 Å². The van der Waals surface area contributed by atoms with Gasteiger partial charge < -0.3 is 5.32 Å². The minimum Gasteiger partial charge on any atom is -0.338 e. The van der Waals surface area contributed by atoms with Crippen molar-refractivity contribution in [3.05, 3.63) is 53.6 Å². The monoisotopic (exact) mass is 325 g/mol. The molecule has 0 amide bonds. The van der Waals surface area contributed by atoms with E-state index in [0.717, 1.165) is 11.8 Å². The average molecular weight is 325 g/mol. The third kappa shape index (κ3) is 3.89. The highest BCUT2D eigenvalue weighted by atomic mass is 19.1. The van der Waals surface area contributed by atoms with Crippen molar-refractivity contribution in [3.63, 3.8) is 0 Å². The van der Waals surface area contributed by atoms with Crippen LogP contribution >= 0.6 is 0 Å². The molecule has 0 radical (unpaired) electrons. The molecular weight excluding hydrogens is 309 g/mol. The Labute approximate surface area is 138 Å². The Morgan fingerprint density at radius 1 is 1.50 bits per heavy atom. The summed E-state index contributed by atoms with van der Waals surface area (Å²) in [5.41, 5.74) is 1.99.